The molecule has 166 valence electrons. The fourth-order valence-corrected chi connectivity index (χ4v) is 4.60. The maximum absolute atomic E-state index is 12.7. The molecule has 8 nitrogen and oxygen atoms in total. The molecule has 0 bridgehead atoms. The lowest BCUT2D eigenvalue weighted by Gasteiger charge is -2.37. The minimum absolute atomic E-state index is 0.0813. The second-order valence-electron chi connectivity index (χ2n) is 8.13. The van der Waals surface area contributed by atoms with E-state index in [0.717, 1.165) is 0 Å². The van der Waals surface area contributed by atoms with Gasteiger partial charge in [0.2, 0.25) is 5.75 Å². The number of hydrogen-bond donors (Lipinski definition) is 3. The first-order valence-corrected chi connectivity index (χ1v) is 10.1. The van der Waals surface area contributed by atoms with Crippen molar-refractivity contribution in [1.82, 2.24) is 0 Å². The van der Waals surface area contributed by atoms with E-state index in [2.05, 4.69) is 0 Å². The molecule has 1 heterocycles. The zero-order valence-corrected chi connectivity index (χ0v) is 17.8. The fourth-order valence-electron chi connectivity index (χ4n) is 4.60. The lowest BCUT2D eigenvalue weighted by Crippen LogP contribution is -2.34. The van der Waals surface area contributed by atoms with E-state index in [1.54, 1.807) is 18.2 Å². The number of benzene rings is 2. The second kappa shape index (κ2) is 7.85. The summed E-state index contributed by atoms with van der Waals surface area (Å²) in [6.07, 6.45) is -1.17. The molecule has 1 aliphatic heterocycles. The molecule has 2 aliphatic rings. The second-order valence-corrected chi connectivity index (χ2v) is 8.13. The van der Waals surface area contributed by atoms with Crippen LogP contribution in [0.5, 0.6) is 28.7 Å². The first-order valence-electron chi connectivity index (χ1n) is 10.1. The molecule has 1 fully saturated rings. The first-order chi connectivity index (χ1) is 14.8. The normalized spacial score (nSPS) is 24.4. The Labute approximate surface area is 179 Å². The lowest BCUT2D eigenvalue weighted by atomic mass is 9.66. The van der Waals surface area contributed by atoms with E-state index >= 15 is 0 Å². The monoisotopic (exact) mass is 430 g/mol. The largest absolute Gasteiger partial charge is 0.504 e. The summed E-state index contributed by atoms with van der Waals surface area (Å²) in [7, 11) is 2.85. The number of hydrogen-bond acceptors (Lipinski definition) is 8. The van der Waals surface area contributed by atoms with Crippen molar-refractivity contribution in [3.63, 3.8) is 0 Å². The quantitative estimate of drug-likeness (QED) is 0.621. The number of carbonyl (C=O) groups is 1. The first kappa shape index (κ1) is 21.1. The van der Waals surface area contributed by atoms with Crippen LogP contribution in [0.3, 0.4) is 0 Å². The number of phenols is 2. The molecule has 4 rings (SSSR count). The van der Waals surface area contributed by atoms with Gasteiger partial charge in [0.1, 0.15) is 0 Å². The number of aliphatic hydroxyl groups is 1. The maximum Gasteiger partial charge on any atom is 0.310 e. The van der Waals surface area contributed by atoms with E-state index in [1.165, 1.54) is 20.3 Å². The van der Waals surface area contributed by atoms with E-state index in [1.807, 2.05) is 13.8 Å². The van der Waals surface area contributed by atoms with Crippen molar-refractivity contribution < 1.29 is 39.1 Å². The van der Waals surface area contributed by atoms with Crippen molar-refractivity contribution in [2.24, 2.45) is 11.8 Å². The summed E-state index contributed by atoms with van der Waals surface area (Å²) in [4.78, 5) is 12.7. The average molecular weight is 430 g/mol. The highest BCUT2D eigenvalue weighted by molar-refractivity contribution is 5.79. The van der Waals surface area contributed by atoms with Crippen LogP contribution in [0.25, 0.3) is 0 Å². The fraction of sp³-hybridized carbons (Fsp3) is 0.435. The number of aromatic hydroxyl groups is 2. The number of fused-ring (bicyclic) bond motifs is 2. The average Bonchev–Trinajstić information content (AvgIpc) is 3.11. The Balaban J connectivity index is 1.96. The number of phenolic OH excluding ortho intramolecular Hbond substituents is 2. The van der Waals surface area contributed by atoms with Crippen LogP contribution in [0.15, 0.2) is 24.3 Å². The Kier molecular flexibility index (Phi) is 5.35. The third-order valence-corrected chi connectivity index (χ3v) is 5.96. The summed E-state index contributed by atoms with van der Waals surface area (Å²) in [6.45, 7) is 3.76. The Hall–Kier alpha value is -3.13. The van der Waals surface area contributed by atoms with Gasteiger partial charge in [-0.2, -0.15) is 0 Å². The molecule has 0 amide bonds. The number of rotatable bonds is 5. The molecule has 2 aromatic carbocycles. The van der Waals surface area contributed by atoms with E-state index in [9.17, 15) is 20.1 Å². The number of aliphatic hydroxyl groups excluding tert-OH is 1. The van der Waals surface area contributed by atoms with Gasteiger partial charge in [-0.05, 0) is 54.8 Å². The highest BCUT2D eigenvalue weighted by Crippen LogP contribution is 2.54. The Morgan fingerprint density at radius 1 is 1.00 bits per heavy atom. The van der Waals surface area contributed by atoms with Gasteiger partial charge in [-0.3, -0.25) is 4.79 Å². The lowest BCUT2D eigenvalue weighted by molar-refractivity contribution is -0.141. The summed E-state index contributed by atoms with van der Waals surface area (Å²) in [5.74, 6) is -1.66. The van der Waals surface area contributed by atoms with Gasteiger partial charge in [-0.15, -0.1) is 0 Å². The van der Waals surface area contributed by atoms with Gasteiger partial charge in [0.05, 0.1) is 39.0 Å². The highest BCUT2D eigenvalue weighted by Gasteiger charge is 2.52. The number of carbonyl (C=O) groups excluding carboxylic acids is 1. The number of esters is 1. The van der Waals surface area contributed by atoms with Crippen LogP contribution in [0.1, 0.15) is 42.6 Å². The van der Waals surface area contributed by atoms with E-state index < -0.39 is 29.8 Å². The van der Waals surface area contributed by atoms with Crippen LogP contribution in [-0.2, 0) is 9.53 Å². The SMILES string of the molecule is COc1cc([C@@H]2c3cc(OC(C)C)c(O)cc3[C@@H](O)[C@@H]3COC(=O)[C@@H]23)cc(OC)c1O. The molecule has 1 aliphatic carbocycles. The zero-order chi connectivity index (χ0) is 22.4. The predicted octanol–water partition coefficient (Wildman–Crippen LogP) is 2.87. The Bertz CT molecular complexity index is 990. The third kappa shape index (κ3) is 3.40. The van der Waals surface area contributed by atoms with Gasteiger partial charge in [-0.1, -0.05) is 0 Å². The summed E-state index contributed by atoms with van der Waals surface area (Å²) in [5.41, 5.74) is 1.79. The number of ether oxygens (including phenoxy) is 4. The molecule has 2 aromatic rings. The van der Waals surface area contributed by atoms with Crippen LogP contribution in [0.2, 0.25) is 0 Å². The minimum atomic E-state index is -0.984. The van der Waals surface area contributed by atoms with Crippen LogP contribution < -0.4 is 14.2 Å². The van der Waals surface area contributed by atoms with Crippen molar-refractivity contribution >= 4 is 5.97 Å². The molecule has 0 saturated carbocycles. The van der Waals surface area contributed by atoms with Crippen molar-refractivity contribution in [2.45, 2.75) is 32.0 Å². The number of cyclic esters (lactones) is 1. The highest BCUT2D eigenvalue weighted by atomic mass is 16.5. The molecule has 0 unspecified atom stereocenters. The molecule has 1 saturated heterocycles. The molecule has 0 radical (unpaired) electrons. The summed E-state index contributed by atoms with van der Waals surface area (Å²) < 4.78 is 21.7. The summed E-state index contributed by atoms with van der Waals surface area (Å²) in [6, 6.07) is 6.43. The van der Waals surface area contributed by atoms with Gasteiger partial charge in [-0.25, -0.2) is 0 Å². The molecule has 31 heavy (non-hydrogen) atoms. The Morgan fingerprint density at radius 3 is 2.23 bits per heavy atom. The molecular weight excluding hydrogens is 404 g/mol. The predicted molar refractivity (Wildman–Crippen MR) is 110 cm³/mol. The smallest absolute Gasteiger partial charge is 0.310 e. The maximum atomic E-state index is 12.7. The third-order valence-electron chi connectivity index (χ3n) is 5.96. The Morgan fingerprint density at radius 2 is 1.65 bits per heavy atom. The molecule has 0 spiro atoms. The van der Waals surface area contributed by atoms with Crippen molar-refractivity contribution in [1.29, 1.82) is 0 Å². The topological polar surface area (TPSA) is 115 Å². The number of methoxy groups -OCH3 is 2. The van der Waals surface area contributed by atoms with Gasteiger partial charge >= 0.3 is 5.97 Å². The van der Waals surface area contributed by atoms with Crippen molar-refractivity contribution in [2.75, 3.05) is 20.8 Å². The molecule has 8 heteroatoms. The standard InChI is InChI=1S/C23H26O8/c1-10(2)31-16-8-12-13(7-15(16)24)21(25)14-9-30-23(27)20(14)19(12)11-5-17(28-3)22(26)18(6-11)29-4/h5-8,10,14,19-21,24-26H,9H2,1-4H3/t14-,19-,20-,21-/m1/s1. The van der Waals surface area contributed by atoms with Crippen LogP contribution in [-0.4, -0.2) is 48.2 Å². The van der Waals surface area contributed by atoms with Crippen LogP contribution >= 0.6 is 0 Å². The van der Waals surface area contributed by atoms with Gasteiger partial charge in [0.15, 0.2) is 23.0 Å². The zero-order valence-electron chi connectivity index (χ0n) is 17.8. The van der Waals surface area contributed by atoms with Gasteiger partial charge < -0.3 is 34.3 Å². The summed E-state index contributed by atoms with van der Waals surface area (Å²) in [5, 5.41) is 31.8. The van der Waals surface area contributed by atoms with E-state index in [4.69, 9.17) is 18.9 Å². The van der Waals surface area contributed by atoms with Crippen LogP contribution in [0.4, 0.5) is 0 Å². The van der Waals surface area contributed by atoms with Gasteiger partial charge in [0, 0.05) is 11.8 Å². The van der Waals surface area contributed by atoms with E-state index in [0.29, 0.717) is 16.7 Å². The van der Waals surface area contributed by atoms with Gasteiger partial charge in [0.25, 0.3) is 0 Å². The molecule has 3 N–H and O–H groups in total. The minimum Gasteiger partial charge on any atom is -0.504 e. The van der Waals surface area contributed by atoms with Crippen LogP contribution in [0, 0.1) is 11.8 Å². The summed E-state index contributed by atoms with van der Waals surface area (Å²) >= 11 is 0. The van der Waals surface area contributed by atoms with E-state index in [-0.39, 0.29) is 41.5 Å². The van der Waals surface area contributed by atoms with Crippen molar-refractivity contribution in [3.8, 4) is 28.7 Å². The van der Waals surface area contributed by atoms with Crippen molar-refractivity contribution in [3.05, 3.63) is 41.0 Å². The molecule has 4 atom stereocenters. The molecular formula is C23H26O8. The molecule has 0 aromatic heterocycles.